The molecule has 1 saturated heterocycles. The summed E-state index contributed by atoms with van der Waals surface area (Å²) in [5.41, 5.74) is 4.04. The summed E-state index contributed by atoms with van der Waals surface area (Å²) in [5, 5.41) is 3.09. The lowest BCUT2D eigenvalue weighted by Gasteiger charge is -2.32. The van der Waals surface area contributed by atoms with Crippen molar-refractivity contribution in [2.75, 3.05) is 18.0 Å². The average Bonchev–Trinajstić information content (AvgIpc) is 2.83. The maximum Gasteiger partial charge on any atom is 0.223 e. The second-order valence-electron chi connectivity index (χ2n) is 8.64. The zero-order chi connectivity index (χ0) is 22.5. The molecule has 32 heavy (non-hydrogen) atoms. The highest BCUT2D eigenvalue weighted by Crippen LogP contribution is 2.25. The lowest BCUT2D eigenvalue weighted by Crippen LogP contribution is -2.40. The number of rotatable bonds is 6. The van der Waals surface area contributed by atoms with Gasteiger partial charge in [-0.15, -0.1) is 0 Å². The van der Waals surface area contributed by atoms with Gasteiger partial charge in [0, 0.05) is 37.2 Å². The molecule has 3 aromatic rings. The zero-order valence-electron chi connectivity index (χ0n) is 18.6. The number of amides is 1. The second-order valence-corrected chi connectivity index (χ2v) is 8.64. The van der Waals surface area contributed by atoms with Crippen molar-refractivity contribution in [3.05, 3.63) is 77.9 Å². The summed E-state index contributed by atoms with van der Waals surface area (Å²) in [4.78, 5) is 23.6. The predicted molar refractivity (Wildman–Crippen MR) is 125 cm³/mol. The van der Waals surface area contributed by atoms with E-state index in [9.17, 15) is 9.18 Å². The molecule has 166 valence electrons. The number of hydrogen-bond donors (Lipinski definition) is 1. The number of hydrogen-bond acceptors (Lipinski definition) is 4. The molecule has 1 aliphatic rings. The molecule has 0 radical (unpaired) electrons. The third-order valence-electron chi connectivity index (χ3n) is 6.10. The van der Waals surface area contributed by atoms with Crippen molar-refractivity contribution in [2.24, 2.45) is 5.92 Å². The van der Waals surface area contributed by atoms with Crippen LogP contribution in [-0.4, -0.2) is 29.0 Å². The molecule has 1 fully saturated rings. The van der Waals surface area contributed by atoms with Crippen LogP contribution in [-0.2, 0) is 11.3 Å². The smallest absolute Gasteiger partial charge is 0.223 e. The quantitative estimate of drug-likeness (QED) is 0.600. The van der Waals surface area contributed by atoms with E-state index in [2.05, 4.69) is 58.3 Å². The highest BCUT2D eigenvalue weighted by atomic mass is 19.1. The van der Waals surface area contributed by atoms with Crippen LogP contribution in [0.15, 0.2) is 60.9 Å². The van der Waals surface area contributed by atoms with E-state index >= 15 is 0 Å². The largest absolute Gasteiger partial charge is 0.356 e. The number of carbonyl (C=O) groups excluding carboxylic acids is 1. The highest BCUT2D eigenvalue weighted by Gasteiger charge is 2.25. The van der Waals surface area contributed by atoms with E-state index in [1.807, 2.05) is 6.07 Å². The number of aromatic nitrogens is 2. The molecule has 0 spiro atoms. The standard InChI is InChI=1S/C26H29FN4O/c1-18(2)20-5-3-19(4-6-20)16-28-26(32)22-11-13-31(14-12-22)25-15-24(29-17-30-25)21-7-9-23(27)10-8-21/h3-10,15,17-18,22H,11-14,16H2,1-2H3,(H,28,32). The van der Waals surface area contributed by atoms with E-state index in [4.69, 9.17) is 0 Å². The molecule has 1 N–H and O–H groups in total. The normalized spacial score (nSPS) is 14.6. The van der Waals surface area contributed by atoms with Crippen LogP contribution in [0.25, 0.3) is 11.3 Å². The number of anilines is 1. The summed E-state index contributed by atoms with van der Waals surface area (Å²) in [6, 6.07) is 16.7. The van der Waals surface area contributed by atoms with Crippen LogP contribution in [0.5, 0.6) is 0 Å². The number of nitrogens with one attached hydrogen (secondary N) is 1. The van der Waals surface area contributed by atoms with Gasteiger partial charge >= 0.3 is 0 Å². The van der Waals surface area contributed by atoms with Crippen LogP contribution in [0, 0.1) is 11.7 Å². The number of halogens is 1. The number of carbonyl (C=O) groups is 1. The lowest BCUT2D eigenvalue weighted by molar-refractivity contribution is -0.125. The van der Waals surface area contributed by atoms with Crippen LogP contribution in [0.4, 0.5) is 10.2 Å². The van der Waals surface area contributed by atoms with Gasteiger partial charge in [0.05, 0.1) is 5.69 Å². The molecule has 4 rings (SSSR count). The van der Waals surface area contributed by atoms with Gasteiger partial charge < -0.3 is 10.2 Å². The van der Waals surface area contributed by atoms with Crippen molar-refractivity contribution in [3.63, 3.8) is 0 Å². The Morgan fingerprint density at radius 2 is 1.75 bits per heavy atom. The molecule has 1 aromatic heterocycles. The van der Waals surface area contributed by atoms with Crippen molar-refractivity contribution < 1.29 is 9.18 Å². The third kappa shape index (κ3) is 5.31. The Morgan fingerprint density at radius 3 is 2.41 bits per heavy atom. The Hall–Kier alpha value is -3.28. The molecule has 1 aliphatic heterocycles. The molecule has 0 unspecified atom stereocenters. The van der Waals surface area contributed by atoms with Crippen LogP contribution < -0.4 is 10.2 Å². The second kappa shape index (κ2) is 9.90. The minimum atomic E-state index is -0.268. The van der Waals surface area contributed by atoms with Gasteiger partial charge in [-0.3, -0.25) is 4.79 Å². The van der Waals surface area contributed by atoms with E-state index in [-0.39, 0.29) is 17.6 Å². The molecule has 0 aliphatic carbocycles. The Morgan fingerprint density at radius 1 is 1.06 bits per heavy atom. The van der Waals surface area contributed by atoms with Crippen LogP contribution in [0.2, 0.25) is 0 Å². The summed E-state index contributed by atoms with van der Waals surface area (Å²) < 4.78 is 13.2. The highest BCUT2D eigenvalue weighted by molar-refractivity contribution is 5.79. The van der Waals surface area contributed by atoms with Crippen LogP contribution in [0.3, 0.4) is 0 Å². The van der Waals surface area contributed by atoms with E-state index < -0.39 is 0 Å². The average molecular weight is 433 g/mol. The van der Waals surface area contributed by atoms with Crippen molar-refractivity contribution in [1.82, 2.24) is 15.3 Å². The summed E-state index contributed by atoms with van der Waals surface area (Å²) in [6.07, 6.45) is 3.11. The molecule has 2 heterocycles. The molecule has 0 bridgehead atoms. The van der Waals surface area contributed by atoms with Gasteiger partial charge in [0.15, 0.2) is 0 Å². The lowest BCUT2D eigenvalue weighted by atomic mass is 9.95. The maximum absolute atomic E-state index is 13.2. The maximum atomic E-state index is 13.2. The van der Waals surface area contributed by atoms with Crippen molar-refractivity contribution in [3.8, 4) is 11.3 Å². The first kappa shape index (κ1) is 21.9. The fourth-order valence-electron chi connectivity index (χ4n) is 4.02. The van der Waals surface area contributed by atoms with Crippen molar-refractivity contribution >= 4 is 11.7 Å². The van der Waals surface area contributed by atoms with Gasteiger partial charge in [0.1, 0.15) is 18.0 Å². The van der Waals surface area contributed by atoms with Crippen molar-refractivity contribution in [2.45, 2.75) is 39.2 Å². The van der Waals surface area contributed by atoms with E-state index in [0.717, 1.165) is 48.6 Å². The first-order valence-corrected chi connectivity index (χ1v) is 11.2. The van der Waals surface area contributed by atoms with Gasteiger partial charge in [-0.05, 0) is 54.2 Å². The third-order valence-corrected chi connectivity index (χ3v) is 6.10. The molecular formula is C26H29FN4O. The minimum absolute atomic E-state index is 0.0135. The van der Waals surface area contributed by atoms with Crippen LogP contribution in [0.1, 0.15) is 43.7 Å². The monoisotopic (exact) mass is 432 g/mol. The first-order chi connectivity index (χ1) is 15.5. The molecule has 2 aromatic carbocycles. The predicted octanol–water partition coefficient (Wildman–Crippen LogP) is 4.94. The van der Waals surface area contributed by atoms with E-state index in [1.54, 1.807) is 12.1 Å². The van der Waals surface area contributed by atoms with Gasteiger partial charge in [-0.1, -0.05) is 38.1 Å². The number of nitrogens with zero attached hydrogens (tertiary/aromatic N) is 3. The minimum Gasteiger partial charge on any atom is -0.356 e. The van der Waals surface area contributed by atoms with Gasteiger partial charge in [0.2, 0.25) is 5.91 Å². The Bertz CT molecular complexity index is 1040. The summed E-state index contributed by atoms with van der Waals surface area (Å²) >= 11 is 0. The summed E-state index contributed by atoms with van der Waals surface area (Å²) in [5.74, 6) is 1.21. The topological polar surface area (TPSA) is 58.1 Å². The summed E-state index contributed by atoms with van der Waals surface area (Å²) in [7, 11) is 0. The zero-order valence-corrected chi connectivity index (χ0v) is 18.6. The van der Waals surface area contributed by atoms with E-state index in [1.165, 1.54) is 24.0 Å². The van der Waals surface area contributed by atoms with Gasteiger partial charge in [-0.2, -0.15) is 0 Å². The molecule has 0 atom stereocenters. The first-order valence-electron chi connectivity index (χ1n) is 11.2. The molecular weight excluding hydrogens is 403 g/mol. The molecule has 5 nitrogen and oxygen atoms in total. The molecule has 0 saturated carbocycles. The molecule has 1 amide bonds. The van der Waals surface area contributed by atoms with Gasteiger partial charge in [-0.25, -0.2) is 14.4 Å². The molecule has 6 heteroatoms. The number of piperidine rings is 1. The Balaban J connectivity index is 1.30. The number of benzene rings is 2. The fraction of sp³-hybridized carbons (Fsp3) is 0.346. The van der Waals surface area contributed by atoms with E-state index in [0.29, 0.717) is 12.5 Å². The Labute approximate surface area is 188 Å². The van der Waals surface area contributed by atoms with Gasteiger partial charge in [0.25, 0.3) is 0 Å². The van der Waals surface area contributed by atoms with Crippen molar-refractivity contribution in [1.29, 1.82) is 0 Å². The van der Waals surface area contributed by atoms with Crippen LogP contribution >= 0.6 is 0 Å². The fourth-order valence-corrected chi connectivity index (χ4v) is 4.02. The SMILES string of the molecule is CC(C)c1ccc(CNC(=O)C2CCN(c3cc(-c4ccc(F)cc4)ncn3)CC2)cc1. The Kier molecular flexibility index (Phi) is 6.78. The summed E-state index contributed by atoms with van der Waals surface area (Å²) in [6.45, 7) is 6.44.